The first kappa shape index (κ1) is 14.5. The zero-order chi connectivity index (χ0) is 12.7. The summed E-state index contributed by atoms with van der Waals surface area (Å²) in [6.07, 6.45) is 3.58. The number of thioether (sulfide) groups is 1. The predicted molar refractivity (Wildman–Crippen MR) is 74.1 cm³/mol. The third kappa shape index (κ3) is 4.32. The highest BCUT2D eigenvalue weighted by Gasteiger charge is 2.12. The van der Waals surface area contributed by atoms with Crippen molar-refractivity contribution in [2.45, 2.75) is 44.0 Å². The average molecular weight is 255 g/mol. The maximum atomic E-state index is 13.8. The van der Waals surface area contributed by atoms with Gasteiger partial charge in [0, 0.05) is 10.9 Å². The third-order valence-corrected chi connectivity index (χ3v) is 4.10. The lowest BCUT2D eigenvalue weighted by Gasteiger charge is -2.16. The van der Waals surface area contributed by atoms with Crippen LogP contribution in [0.3, 0.4) is 0 Å². The summed E-state index contributed by atoms with van der Waals surface area (Å²) >= 11 is 1.64. The SMILES string of the molecule is CCCCCSc1c(F)cccc1C(C)NC. The molecular formula is C14H22FNS. The van der Waals surface area contributed by atoms with Gasteiger partial charge in [0.1, 0.15) is 5.82 Å². The fourth-order valence-corrected chi connectivity index (χ4v) is 2.87. The van der Waals surface area contributed by atoms with Gasteiger partial charge in [0.15, 0.2) is 0 Å². The predicted octanol–water partition coefficient (Wildman–Crippen LogP) is 4.39. The van der Waals surface area contributed by atoms with Crippen molar-refractivity contribution in [1.29, 1.82) is 0 Å². The Balaban J connectivity index is 2.73. The normalized spacial score (nSPS) is 12.7. The maximum absolute atomic E-state index is 13.8. The summed E-state index contributed by atoms with van der Waals surface area (Å²) in [6, 6.07) is 5.54. The Morgan fingerprint density at radius 3 is 2.76 bits per heavy atom. The van der Waals surface area contributed by atoms with E-state index in [0.29, 0.717) is 0 Å². The molecule has 0 heterocycles. The van der Waals surface area contributed by atoms with E-state index >= 15 is 0 Å². The van der Waals surface area contributed by atoms with Gasteiger partial charge in [0.2, 0.25) is 0 Å². The summed E-state index contributed by atoms with van der Waals surface area (Å²) in [5, 5.41) is 3.17. The average Bonchev–Trinajstić information content (AvgIpc) is 2.35. The van der Waals surface area contributed by atoms with Crippen LogP contribution in [0.5, 0.6) is 0 Å². The van der Waals surface area contributed by atoms with Gasteiger partial charge < -0.3 is 5.32 Å². The number of nitrogens with one attached hydrogen (secondary N) is 1. The molecule has 0 spiro atoms. The van der Waals surface area contributed by atoms with Gasteiger partial charge in [-0.1, -0.05) is 31.9 Å². The smallest absolute Gasteiger partial charge is 0.137 e. The maximum Gasteiger partial charge on any atom is 0.137 e. The molecule has 0 aliphatic heterocycles. The number of rotatable bonds is 7. The fraction of sp³-hybridized carbons (Fsp3) is 0.571. The van der Waals surface area contributed by atoms with Crippen LogP contribution in [0.1, 0.15) is 44.7 Å². The lowest BCUT2D eigenvalue weighted by Crippen LogP contribution is -2.13. The molecule has 1 atom stereocenters. The van der Waals surface area contributed by atoms with Crippen LogP contribution >= 0.6 is 11.8 Å². The topological polar surface area (TPSA) is 12.0 Å². The Labute approximate surface area is 108 Å². The second kappa shape index (κ2) is 7.72. The van der Waals surface area contributed by atoms with Crippen LogP contribution in [0.2, 0.25) is 0 Å². The van der Waals surface area contributed by atoms with Crippen molar-refractivity contribution in [1.82, 2.24) is 5.32 Å². The van der Waals surface area contributed by atoms with E-state index in [0.717, 1.165) is 22.6 Å². The van der Waals surface area contributed by atoms with Crippen LogP contribution in [-0.4, -0.2) is 12.8 Å². The van der Waals surface area contributed by atoms with E-state index in [1.165, 1.54) is 12.8 Å². The van der Waals surface area contributed by atoms with Crippen molar-refractivity contribution in [2.75, 3.05) is 12.8 Å². The van der Waals surface area contributed by atoms with Crippen molar-refractivity contribution in [3.8, 4) is 0 Å². The van der Waals surface area contributed by atoms with Gasteiger partial charge in [0.25, 0.3) is 0 Å². The zero-order valence-electron chi connectivity index (χ0n) is 10.9. The number of unbranched alkanes of at least 4 members (excludes halogenated alkanes) is 2. The standard InChI is InChI=1S/C14H22FNS/c1-4-5-6-10-17-14-12(11(2)16-3)8-7-9-13(14)15/h7-9,11,16H,4-6,10H2,1-3H3. The quantitative estimate of drug-likeness (QED) is 0.573. The fourth-order valence-electron chi connectivity index (χ4n) is 1.70. The van der Waals surface area contributed by atoms with E-state index in [1.54, 1.807) is 23.9 Å². The van der Waals surface area contributed by atoms with E-state index in [9.17, 15) is 4.39 Å². The van der Waals surface area contributed by atoms with E-state index < -0.39 is 0 Å². The van der Waals surface area contributed by atoms with Gasteiger partial charge in [-0.3, -0.25) is 0 Å². The second-order valence-electron chi connectivity index (χ2n) is 4.22. The highest BCUT2D eigenvalue weighted by molar-refractivity contribution is 7.99. The first-order valence-corrected chi connectivity index (χ1v) is 7.27. The van der Waals surface area contributed by atoms with E-state index in [-0.39, 0.29) is 11.9 Å². The monoisotopic (exact) mass is 255 g/mol. The molecule has 96 valence electrons. The minimum Gasteiger partial charge on any atom is -0.313 e. The molecule has 0 saturated heterocycles. The summed E-state index contributed by atoms with van der Waals surface area (Å²) in [4.78, 5) is 0.811. The van der Waals surface area contributed by atoms with Crippen LogP contribution in [0, 0.1) is 5.82 Å². The molecule has 1 aromatic carbocycles. The van der Waals surface area contributed by atoms with Gasteiger partial charge in [-0.15, -0.1) is 11.8 Å². The van der Waals surface area contributed by atoms with Gasteiger partial charge in [-0.2, -0.15) is 0 Å². The van der Waals surface area contributed by atoms with Gasteiger partial charge in [-0.05, 0) is 37.8 Å². The highest BCUT2D eigenvalue weighted by Crippen LogP contribution is 2.30. The molecule has 0 aromatic heterocycles. The number of hydrogen-bond donors (Lipinski definition) is 1. The molecule has 1 rings (SSSR count). The molecule has 1 unspecified atom stereocenters. The van der Waals surface area contributed by atoms with Gasteiger partial charge in [0.05, 0.1) is 0 Å². The molecule has 1 nitrogen and oxygen atoms in total. The lowest BCUT2D eigenvalue weighted by molar-refractivity contribution is 0.575. The summed E-state index contributed by atoms with van der Waals surface area (Å²) in [5.74, 6) is 0.907. The van der Waals surface area contributed by atoms with Crippen LogP contribution in [0.25, 0.3) is 0 Å². The van der Waals surface area contributed by atoms with Crippen molar-refractivity contribution in [3.63, 3.8) is 0 Å². The number of halogens is 1. The second-order valence-corrected chi connectivity index (χ2v) is 5.33. The Bertz CT molecular complexity index is 341. The lowest BCUT2D eigenvalue weighted by atomic mass is 10.1. The molecule has 1 aromatic rings. The summed E-state index contributed by atoms with van der Waals surface area (Å²) in [6.45, 7) is 4.24. The van der Waals surface area contributed by atoms with E-state index in [4.69, 9.17) is 0 Å². The van der Waals surface area contributed by atoms with Crippen molar-refractivity contribution >= 4 is 11.8 Å². The summed E-state index contributed by atoms with van der Waals surface area (Å²) in [7, 11) is 1.90. The van der Waals surface area contributed by atoms with E-state index in [1.807, 2.05) is 13.1 Å². The van der Waals surface area contributed by atoms with Gasteiger partial charge in [-0.25, -0.2) is 4.39 Å². The third-order valence-electron chi connectivity index (χ3n) is 2.89. The molecule has 17 heavy (non-hydrogen) atoms. The first-order chi connectivity index (χ1) is 8.20. The Morgan fingerprint density at radius 1 is 1.35 bits per heavy atom. The number of benzene rings is 1. The van der Waals surface area contributed by atoms with Crippen LogP contribution in [0.4, 0.5) is 4.39 Å². The van der Waals surface area contributed by atoms with Crippen LogP contribution in [0.15, 0.2) is 23.1 Å². The van der Waals surface area contributed by atoms with Gasteiger partial charge >= 0.3 is 0 Å². The Kier molecular flexibility index (Phi) is 6.60. The molecule has 1 N–H and O–H groups in total. The zero-order valence-corrected chi connectivity index (χ0v) is 11.7. The van der Waals surface area contributed by atoms with Crippen LogP contribution in [-0.2, 0) is 0 Å². The summed E-state index contributed by atoms with van der Waals surface area (Å²) in [5.41, 5.74) is 1.06. The molecule has 0 saturated carbocycles. The molecule has 0 aliphatic rings. The Morgan fingerprint density at radius 2 is 2.12 bits per heavy atom. The molecule has 0 bridgehead atoms. The van der Waals surface area contributed by atoms with Crippen molar-refractivity contribution in [2.24, 2.45) is 0 Å². The van der Waals surface area contributed by atoms with E-state index in [2.05, 4.69) is 19.2 Å². The largest absolute Gasteiger partial charge is 0.313 e. The molecule has 0 amide bonds. The summed E-state index contributed by atoms with van der Waals surface area (Å²) < 4.78 is 13.8. The molecular weight excluding hydrogens is 233 g/mol. The minimum absolute atomic E-state index is 0.0916. The number of hydrogen-bond acceptors (Lipinski definition) is 2. The minimum atomic E-state index is -0.0916. The molecule has 3 heteroatoms. The molecule has 0 radical (unpaired) electrons. The first-order valence-electron chi connectivity index (χ1n) is 6.29. The molecule has 0 fully saturated rings. The molecule has 0 aliphatic carbocycles. The highest BCUT2D eigenvalue weighted by atomic mass is 32.2. The van der Waals surface area contributed by atoms with Crippen LogP contribution < -0.4 is 5.32 Å². The van der Waals surface area contributed by atoms with Crippen molar-refractivity contribution in [3.05, 3.63) is 29.6 Å². The van der Waals surface area contributed by atoms with Crippen molar-refractivity contribution < 1.29 is 4.39 Å². The Hall–Kier alpha value is -0.540.